The van der Waals surface area contributed by atoms with Gasteiger partial charge >= 0.3 is 0 Å². The number of aromatic nitrogens is 1. The van der Waals surface area contributed by atoms with Crippen LogP contribution in [0.1, 0.15) is 5.56 Å². The first-order valence-electron chi connectivity index (χ1n) is 13.2. The summed E-state index contributed by atoms with van der Waals surface area (Å²) in [6, 6.07) is 49.7. The molecule has 8 rings (SSSR count). The largest absolute Gasteiger partial charge is 0.309 e. The van der Waals surface area contributed by atoms with Gasteiger partial charge in [-0.25, -0.2) is 0 Å². The number of benzene rings is 6. The van der Waals surface area contributed by atoms with Gasteiger partial charge in [-0.05, 0) is 80.9 Å². The number of hydrogen-bond acceptors (Lipinski definition) is 1. The van der Waals surface area contributed by atoms with Gasteiger partial charge in [0.25, 0.3) is 0 Å². The lowest BCUT2D eigenvalue weighted by atomic mass is 9.80. The summed E-state index contributed by atoms with van der Waals surface area (Å²) in [7, 11) is 0. The second kappa shape index (κ2) is 8.31. The molecule has 0 N–H and O–H groups in total. The lowest BCUT2D eigenvalue weighted by Gasteiger charge is -2.24. The van der Waals surface area contributed by atoms with Crippen molar-refractivity contribution in [3.63, 3.8) is 0 Å². The van der Waals surface area contributed by atoms with Gasteiger partial charge in [-0.1, -0.05) is 97.1 Å². The quantitative estimate of drug-likeness (QED) is 0.223. The molecule has 0 unspecified atom stereocenters. The van der Waals surface area contributed by atoms with E-state index in [1.807, 2.05) is 12.1 Å². The molecule has 1 heterocycles. The van der Waals surface area contributed by atoms with Gasteiger partial charge in [-0.2, -0.15) is 5.26 Å². The van der Waals surface area contributed by atoms with Crippen molar-refractivity contribution in [3.8, 4) is 56.3 Å². The molecule has 0 amide bonds. The lowest BCUT2D eigenvalue weighted by Crippen LogP contribution is -2.00. The van der Waals surface area contributed by atoms with E-state index in [1.54, 1.807) is 0 Å². The van der Waals surface area contributed by atoms with Crippen molar-refractivity contribution in [2.45, 2.75) is 0 Å². The van der Waals surface area contributed by atoms with Crippen LogP contribution in [0.4, 0.5) is 0 Å². The fraction of sp³-hybridized carbons (Fsp3) is 0. The number of rotatable bonds is 1. The third kappa shape index (κ3) is 3.14. The summed E-state index contributed by atoms with van der Waals surface area (Å²) in [5.74, 6) is 0. The van der Waals surface area contributed by atoms with E-state index < -0.39 is 0 Å². The van der Waals surface area contributed by atoms with Crippen molar-refractivity contribution in [2.75, 3.05) is 0 Å². The first-order valence-corrected chi connectivity index (χ1v) is 13.2. The van der Waals surface area contributed by atoms with Crippen molar-refractivity contribution in [3.05, 3.63) is 139 Å². The van der Waals surface area contributed by atoms with E-state index in [9.17, 15) is 5.26 Å². The van der Waals surface area contributed by atoms with Crippen molar-refractivity contribution in [2.24, 2.45) is 0 Å². The number of para-hydroxylation sites is 2. The minimum absolute atomic E-state index is 0.667. The highest BCUT2D eigenvalue weighted by Gasteiger charge is 2.23. The molecule has 1 aliphatic rings. The third-order valence-corrected chi connectivity index (χ3v) is 8.00. The molecule has 0 bridgehead atoms. The fourth-order valence-electron chi connectivity index (χ4n) is 6.31. The standard InChI is InChI=1S/C37H22N2/c38-23-24-17-19-30-26-9-1-2-10-27(26)31-20-18-25(22-35(31)29-12-4-3-11-28(29)34(30)21-24)39-36-15-7-5-13-32(36)33-14-6-8-16-37(33)39/h1-22H. The highest BCUT2D eigenvalue weighted by molar-refractivity contribution is 6.10. The monoisotopic (exact) mass is 494 g/mol. The topological polar surface area (TPSA) is 28.7 Å². The second-order valence-corrected chi connectivity index (χ2v) is 10.1. The molecule has 7 aromatic rings. The van der Waals surface area contributed by atoms with Gasteiger partial charge in [0.2, 0.25) is 0 Å². The molecule has 1 aliphatic carbocycles. The van der Waals surface area contributed by atoms with Gasteiger partial charge in [0.15, 0.2) is 0 Å². The van der Waals surface area contributed by atoms with E-state index in [0.29, 0.717) is 5.56 Å². The molecule has 0 fully saturated rings. The third-order valence-electron chi connectivity index (χ3n) is 8.00. The summed E-state index contributed by atoms with van der Waals surface area (Å²) in [5, 5.41) is 12.2. The summed E-state index contributed by atoms with van der Waals surface area (Å²) >= 11 is 0. The summed E-state index contributed by atoms with van der Waals surface area (Å²) in [6.07, 6.45) is 0. The Balaban J connectivity index is 1.49. The Bertz CT molecular complexity index is 2080. The van der Waals surface area contributed by atoms with Crippen molar-refractivity contribution < 1.29 is 0 Å². The van der Waals surface area contributed by atoms with Crippen molar-refractivity contribution >= 4 is 21.8 Å². The number of fused-ring (bicyclic) bond motifs is 11. The van der Waals surface area contributed by atoms with Gasteiger partial charge < -0.3 is 4.57 Å². The van der Waals surface area contributed by atoms with Crippen LogP contribution in [0.3, 0.4) is 0 Å². The Hall–Kier alpha value is -5.39. The molecular formula is C37H22N2. The van der Waals surface area contributed by atoms with Crippen LogP contribution in [0.5, 0.6) is 0 Å². The maximum Gasteiger partial charge on any atom is 0.0991 e. The average molecular weight is 495 g/mol. The van der Waals surface area contributed by atoms with E-state index in [-0.39, 0.29) is 0 Å². The number of nitriles is 1. The molecule has 39 heavy (non-hydrogen) atoms. The molecule has 180 valence electrons. The first-order chi connectivity index (χ1) is 19.3. The van der Waals surface area contributed by atoms with E-state index >= 15 is 0 Å². The summed E-state index contributed by atoms with van der Waals surface area (Å²) in [5.41, 5.74) is 13.5. The Morgan fingerprint density at radius 2 is 0.846 bits per heavy atom. The normalized spacial score (nSPS) is 11.6. The van der Waals surface area contributed by atoms with Gasteiger partial charge in [0, 0.05) is 16.5 Å². The SMILES string of the molecule is N#Cc1ccc2c(c1)-c1ccccc1-c1cc(-n3c4ccccc4c4ccccc43)ccc1-c1ccccc1-2. The van der Waals surface area contributed by atoms with Crippen molar-refractivity contribution in [1.29, 1.82) is 5.26 Å². The Labute approximate surface area is 226 Å². The van der Waals surface area contributed by atoms with Crippen molar-refractivity contribution in [1.82, 2.24) is 4.57 Å². The summed E-state index contributed by atoms with van der Waals surface area (Å²) < 4.78 is 2.37. The van der Waals surface area contributed by atoms with Gasteiger partial charge in [0.1, 0.15) is 0 Å². The van der Waals surface area contributed by atoms with Crippen LogP contribution in [0, 0.1) is 11.3 Å². The molecule has 0 aliphatic heterocycles. The van der Waals surface area contributed by atoms with Crippen LogP contribution >= 0.6 is 0 Å². The molecule has 0 spiro atoms. The Morgan fingerprint density at radius 1 is 0.410 bits per heavy atom. The van der Waals surface area contributed by atoms with Crippen LogP contribution < -0.4 is 0 Å². The van der Waals surface area contributed by atoms with E-state index in [2.05, 4.69) is 132 Å². The first kappa shape index (κ1) is 21.7. The van der Waals surface area contributed by atoms with E-state index in [1.165, 1.54) is 49.6 Å². The van der Waals surface area contributed by atoms with E-state index in [4.69, 9.17) is 0 Å². The molecule has 0 radical (unpaired) electrons. The summed E-state index contributed by atoms with van der Waals surface area (Å²) in [6.45, 7) is 0. The lowest BCUT2D eigenvalue weighted by molar-refractivity contribution is 1.18. The maximum atomic E-state index is 9.73. The van der Waals surface area contributed by atoms with Gasteiger partial charge in [-0.15, -0.1) is 0 Å². The molecule has 0 saturated carbocycles. The van der Waals surface area contributed by atoms with Crippen LogP contribution in [0.25, 0.3) is 72.0 Å². The zero-order chi connectivity index (χ0) is 25.9. The second-order valence-electron chi connectivity index (χ2n) is 10.1. The Morgan fingerprint density at radius 3 is 1.41 bits per heavy atom. The van der Waals surface area contributed by atoms with Gasteiger partial charge in [-0.3, -0.25) is 0 Å². The van der Waals surface area contributed by atoms with Crippen LogP contribution in [0.15, 0.2) is 133 Å². The highest BCUT2D eigenvalue weighted by Crippen LogP contribution is 2.48. The predicted octanol–water partition coefficient (Wildman–Crippen LogP) is 9.64. The molecule has 2 heteroatoms. The number of hydrogen-bond donors (Lipinski definition) is 0. The molecule has 6 aromatic carbocycles. The van der Waals surface area contributed by atoms with Crippen LogP contribution in [0.2, 0.25) is 0 Å². The summed E-state index contributed by atoms with van der Waals surface area (Å²) in [4.78, 5) is 0. The van der Waals surface area contributed by atoms with E-state index in [0.717, 1.165) is 22.4 Å². The maximum absolute atomic E-state index is 9.73. The molecule has 0 saturated heterocycles. The molecule has 0 atom stereocenters. The number of nitrogens with zero attached hydrogens (tertiary/aromatic N) is 2. The zero-order valence-electron chi connectivity index (χ0n) is 21.1. The highest BCUT2D eigenvalue weighted by atomic mass is 15.0. The molecule has 2 nitrogen and oxygen atoms in total. The minimum atomic E-state index is 0.667. The fourth-order valence-corrected chi connectivity index (χ4v) is 6.31. The zero-order valence-corrected chi connectivity index (χ0v) is 21.1. The molecule has 1 aromatic heterocycles. The Kier molecular flexibility index (Phi) is 4.62. The average Bonchev–Trinajstić information content (AvgIpc) is 3.34. The molecular weight excluding hydrogens is 472 g/mol. The van der Waals surface area contributed by atoms with Crippen LogP contribution in [-0.2, 0) is 0 Å². The van der Waals surface area contributed by atoms with Crippen LogP contribution in [-0.4, -0.2) is 4.57 Å². The van der Waals surface area contributed by atoms with Gasteiger partial charge in [0.05, 0.1) is 22.7 Å². The minimum Gasteiger partial charge on any atom is -0.309 e. The predicted molar refractivity (Wildman–Crippen MR) is 161 cm³/mol. The smallest absolute Gasteiger partial charge is 0.0991 e.